The van der Waals surface area contributed by atoms with Crippen molar-refractivity contribution in [2.24, 2.45) is 5.10 Å². The Kier molecular flexibility index (Phi) is 8.70. The fourth-order valence-corrected chi connectivity index (χ4v) is 4.06. The zero-order valence-corrected chi connectivity index (χ0v) is 20.2. The van der Waals surface area contributed by atoms with Gasteiger partial charge < -0.3 is 14.4 Å². The lowest BCUT2D eigenvalue weighted by Gasteiger charge is -2.26. The number of aromatic amines is 1. The molecule has 0 atom stereocenters. The van der Waals surface area contributed by atoms with Crippen LogP contribution in [-0.4, -0.2) is 78.8 Å². The number of hydrogen-bond acceptors (Lipinski definition) is 8. The number of ether oxygens (including phenoxy) is 2. The number of anilines is 2. The van der Waals surface area contributed by atoms with E-state index in [1.165, 1.54) is 0 Å². The Balaban J connectivity index is 1.48. The van der Waals surface area contributed by atoms with Gasteiger partial charge in [0.05, 0.1) is 24.9 Å². The second kappa shape index (κ2) is 12.3. The number of nitrogens with zero attached hydrogens (tertiary/aromatic N) is 5. The van der Waals surface area contributed by atoms with E-state index in [0.29, 0.717) is 18.3 Å². The largest absolute Gasteiger partial charge is 0.476 e. The lowest BCUT2D eigenvalue weighted by Crippen LogP contribution is -2.38. The van der Waals surface area contributed by atoms with E-state index in [-0.39, 0.29) is 0 Å². The van der Waals surface area contributed by atoms with Crippen LogP contribution in [0.4, 0.5) is 11.5 Å². The average molecular weight is 466 g/mol. The van der Waals surface area contributed by atoms with Gasteiger partial charge in [0.25, 0.3) is 0 Å². The highest BCUT2D eigenvalue weighted by atomic mass is 16.5. The van der Waals surface area contributed by atoms with Crippen molar-refractivity contribution in [3.05, 3.63) is 42.1 Å². The molecular formula is C25H35N7O2. The van der Waals surface area contributed by atoms with Crippen LogP contribution in [0.25, 0.3) is 10.9 Å². The van der Waals surface area contributed by atoms with Crippen LogP contribution in [0.1, 0.15) is 32.4 Å². The molecule has 34 heavy (non-hydrogen) atoms. The molecule has 3 aromatic rings. The lowest BCUT2D eigenvalue weighted by molar-refractivity contribution is 0.0320. The number of hydrazone groups is 1. The molecule has 1 aliphatic rings. The first-order valence-electron chi connectivity index (χ1n) is 12.2. The highest BCUT2D eigenvalue weighted by molar-refractivity contribution is 5.96. The predicted molar refractivity (Wildman–Crippen MR) is 137 cm³/mol. The number of H-pyrrole nitrogens is 1. The summed E-state index contributed by atoms with van der Waals surface area (Å²) < 4.78 is 11.5. The maximum absolute atomic E-state index is 6.08. The third-order valence-corrected chi connectivity index (χ3v) is 5.77. The maximum Gasteiger partial charge on any atom is 0.217 e. The van der Waals surface area contributed by atoms with Gasteiger partial charge in [0.15, 0.2) is 5.82 Å². The summed E-state index contributed by atoms with van der Waals surface area (Å²) in [5, 5.41) is 12.8. The molecular weight excluding hydrogens is 430 g/mol. The summed E-state index contributed by atoms with van der Waals surface area (Å²) in [5.74, 6) is 1.25. The molecule has 0 bridgehead atoms. The van der Waals surface area contributed by atoms with Gasteiger partial charge in [-0.3, -0.25) is 15.4 Å². The van der Waals surface area contributed by atoms with Crippen molar-refractivity contribution in [1.29, 1.82) is 0 Å². The van der Waals surface area contributed by atoms with Crippen molar-refractivity contribution < 1.29 is 9.47 Å². The van der Waals surface area contributed by atoms with Crippen LogP contribution in [-0.2, 0) is 4.74 Å². The van der Waals surface area contributed by atoms with Gasteiger partial charge in [-0.05, 0) is 18.9 Å². The molecule has 1 aliphatic heterocycles. The smallest absolute Gasteiger partial charge is 0.217 e. The van der Waals surface area contributed by atoms with Gasteiger partial charge in [-0.1, -0.05) is 32.0 Å². The highest BCUT2D eigenvalue weighted by Crippen LogP contribution is 2.25. The van der Waals surface area contributed by atoms with Crippen LogP contribution in [0, 0.1) is 0 Å². The minimum atomic E-state index is 0.583. The molecule has 182 valence electrons. The number of morpholine rings is 1. The molecule has 2 N–H and O–H groups in total. The van der Waals surface area contributed by atoms with Crippen molar-refractivity contribution in [2.45, 2.75) is 26.7 Å². The van der Waals surface area contributed by atoms with Crippen molar-refractivity contribution in [3.63, 3.8) is 0 Å². The van der Waals surface area contributed by atoms with Gasteiger partial charge in [-0.2, -0.15) is 15.2 Å². The first kappa shape index (κ1) is 24.0. The number of nitrogens with one attached hydrogen (secondary N) is 2. The number of pyridine rings is 1. The van der Waals surface area contributed by atoms with Crippen molar-refractivity contribution in [3.8, 4) is 5.88 Å². The zero-order chi connectivity index (χ0) is 23.6. The van der Waals surface area contributed by atoms with Gasteiger partial charge in [0.2, 0.25) is 5.88 Å². The summed E-state index contributed by atoms with van der Waals surface area (Å²) >= 11 is 0. The standard InChI is InChI=1S/C25H35N7O2/c1-3-9-32(10-4-2)20-17-24(27-25(18-20)34-16-13-31-11-14-33-15-12-31)30-26-19-23-21-7-5-6-8-22(21)28-29-23/h5-8,17-19H,3-4,9-16H2,1-2H3,(H,27,30)(H,28,29)/b26-19+. The van der Waals surface area contributed by atoms with Gasteiger partial charge in [0, 0.05) is 55.9 Å². The Bertz CT molecular complexity index is 1060. The number of fused-ring (bicyclic) bond motifs is 1. The molecule has 9 nitrogen and oxygen atoms in total. The number of rotatable bonds is 12. The van der Waals surface area contributed by atoms with Gasteiger partial charge in [-0.15, -0.1) is 0 Å². The van der Waals surface area contributed by atoms with E-state index in [9.17, 15) is 0 Å². The van der Waals surface area contributed by atoms with E-state index in [2.05, 4.69) is 49.4 Å². The molecule has 1 aromatic carbocycles. The fourth-order valence-electron chi connectivity index (χ4n) is 4.06. The molecule has 0 amide bonds. The third-order valence-electron chi connectivity index (χ3n) is 5.77. The highest BCUT2D eigenvalue weighted by Gasteiger charge is 2.13. The van der Waals surface area contributed by atoms with Gasteiger partial charge in [-0.25, -0.2) is 0 Å². The number of hydrogen-bond donors (Lipinski definition) is 2. The van der Waals surface area contributed by atoms with Crippen LogP contribution in [0.2, 0.25) is 0 Å². The van der Waals surface area contributed by atoms with Crippen LogP contribution in [0.15, 0.2) is 41.5 Å². The normalized spacial score (nSPS) is 14.6. The van der Waals surface area contributed by atoms with Crippen LogP contribution in [0.3, 0.4) is 0 Å². The first-order valence-corrected chi connectivity index (χ1v) is 12.2. The van der Waals surface area contributed by atoms with Crippen LogP contribution < -0.4 is 15.1 Å². The summed E-state index contributed by atoms with van der Waals surface area (Å²) in [6.45, 7) is 11.3. The molecule has 2 aromatic heterocycles. The predicted octanol–water partition coefficient (Wildman–Crippen LogP) is 3.74. The van der Waals surface area contributed by atoms with Crippen molar-refractivity contribution >= 4 is 28.6 Å². The second-order valence-electron chi connectivity index (χ2n) is 8.36. The summed E-state index contributed by atoms with van der Waals surface area (Å²) in [7, 11) is 0. The van der Waals surface area contributed by atoms with Crippen molar-refractivity contribution in [1.82, 2.24) is 20.1 Å². The van der Waals surface area contributed by atoms with E-state index in [0.717, 1.165) is 81.1 Å². The average Bonchev–Trinajstić information content (AvgIpc) is 3.28. The van der Waals surface area contributed by atoms with Gasteiger partial charge >= 0.3 is 0 Å². The monoisotopic (exact) mass is 465 g/mol. The first-order chi connectivity index (χ1) is 16.8. The van der Waals surface area contributed by atoms with E-state index in [4.69, 9.17) is 9.47 Å². The molecule has 1 saturated heterocycles. The second-order valence-corrected chi connectivity index (χ2v) is 8.36. The summed E-state index contributed by atoms with van der Waals surface area (Å²) in [5.41, 5.74) is 5.92. The Labute approximate surface area is 201 Å². The Hall–Kier alpha value is -3.17. The van der Waals surface area contributed by atoms with Crippen LogP contribution in [0.5, 0.6) is 5.88 Å². The number of aromatic nitrogens is 3. The van der Waals surface area contributed by atoms with Crippen molar-refractivity contribution in [2.75, 3.05) is 62.9 Å². The van der Waals surface area contributed by atoms with E-state index in [1.54, 1.807) is 6.21 Å². The summed E-state index contributed by atoms with van der Waals surface area (Å²) in [4.78, 5) is 9.38. The minimum absolute atomic E-state index is 0.583. The zero-order valence-electron chi connectivity index (χ0n) is 20.2. The molecule has 0 spiro atoms. The Morgan fingerprint density at radius 1 is 1.18 bits per heavy atom. The summed E-state index contributed by atoms with van der Waals surface area (Å²) in [6.07, 6.45) is 3.85. The lowest BCUT2D eigenvalue weighted by atomic mass is 10.2. The molecule has 3 heterocycles. The molecule has 0 saturated carbocycles. The molecule has 0 radical (unpaired) electrons. The fraction of sp³-hybridized carbons (Fsp3) is 0.480. The topological polar surface area (TPSA) is 90.9 Å². The minimum Gasteiger partial charge on any atom is -0.476 e. The Morgan fingerprint density at radius 2 is 1.97 bits per heavy atom. The van der Waals surface area contributed by atoms with E-state index in [1.807, 2.05) is 36.4 Å². The Morgan fingerprint density at radius 3 is 2.76 bits per heavy atom. The molecule has 4 rings (SSSR count). The molecule has 1 fully saturated rings. The third kappa shape index (κ3) is 6.45. The maximum atomic E-state index is 6.08. The van der Waals surface area contributed by atoms with Gasteiger partial charge in [0.1, 0.15) is 12.3 Å². The molecule has 0 aliphatic carbocycles. The SMILES string of the molecule is CCCN(CCC)c1cc(N/N=C/c2n[nH]c3ccccc23)nc(OCCN2CCOCC2)c1. The molecule has 9 heteroatoms. The van der Waals surface area contributed by atoms with Crippen LogP contribution >= 0.6 is 0 Å². The summed E-state index contributed by atoms with van der Waals surface area (Å²) in [6, 6.07) is 12.0. The quantitative estimate of drug-likeness (QED) is 0.311. The van der Waals surface area contributed by atoms with E-state index >= 15 is 0 Å². The molecule has 0 unspecified atom stereocenters. The van der Waals surface area contributed by atoms with E-state index < -0.39 is 0 Å². The number of benzene rings is 1. The number of para-hydroxylation sites is 1.